The van der Waals surface area contributed by atoms with Crippen LogP contribution >= 0.6 is 0 Å². The molecule has 3 rings (SSSR count). The summed E-state index contributed by atoms with van der Waals surface area (Å²) in [5, 5.41) is 4.43. The van der Waals surface area contributed by atoms with E-state index in [-0.39, 0.29) is 12.5 Å². The highest BCUT2D eigenvalue weighted by Crippen LogP contribution is 2.22. The Morgan fingerprint density at radius 1 is 1.20 bits per heavy atom. The molecule has 0 atom stereocenters. The largest absolute Gasteiger partial charge is 0.493 e. The quantitative estimate of drug-likeness (QED) is 0.781. The van der Waals surface area contributed by atoms with Gasteiger partial charge in [0.1, 0.15) is 0 Å². The first-order valence-electron chi connectivity index (χ1n) is 6.87. The molecule has 1 aromatic carbocycles. The van der Waals surface area contributed by atoms with Gasteiger partial charge >= 0.3 is 7.12 Å². The lowest BCUT2D eigenvalue weighted by Gasteiger charge is -2.33. The summed E-state index contributed by atoms with van der Waals surface area (Å²) in [6.45, 7) is 5.72. The van der Waals surface area contributed by atoms with Crippen LogP contribution in [0.3, 0.4) is 0 Å². The molecule has 0 amide bonds. The molecule has 0 aliphatic carbocycles. The molecule has 1 fully saturated rings. The summed E-state index contributed by atoms with van der Waals surface area (Å²) in [6.07, 6.45) is 1.94. The van der Waals surface area contributed by atoms with Crippen LogP contribution in [0.25, 0.3) is 11.3 Å². The summed E-state index contributed by atoms with van der Waals surface area (Å²) in [5.74, 6) is 0. The standard InChI is InChI=1S/C15H19BN2O2/c1-15(2)10-19-16(20-11-15)13-6-4-5-12(9-13)14-7-8-18(3)17-14/h4-9H,10-11H2,1-3H3. The molecule has 0 bridgehead atoms. The second kappa shape index (κ2) is 5.07. The van der Waals surface area contributed by atoms with E-state index in [0.29, 0.717) is 13.2 Å². The highest BCUT2D eigenvalue weighted by Gasteiger charge is 2.33. The Hall–Kier alpha value is -1.59. The van der Waals surface area contributed by atoms with Gasteiger partial charge in [0.2, 0.25) is 0 Å². The summed E-state index contributed by atoms with van der Waals surface area (Å²) >= 11 is 0. The number of aromatic nitrogens is 2. The van der Waals surface area contributed by atoms with E-state index in [1.807, 2.05) is 31.4 Å². The van der Waals surface area contributed by atoms with Gasteiger partial charge < -0.3 is 9.31 Å². The van der Waals surface area contributed by atoms with Gasteiger partial charge in [-0.15, -0.1) is 0 Å². The van der Waals surface area contributed by atoms with Crippen molar-refractivity contribution in [3.05, 3.63) is 36.5 Å². The van der Waals surface area contributed by atoms with Crippen LogP contribution in [0.15, 0.2) is 36.5 Å². The molecule has 20 heavy (non-hydrogen) atoms. The molecule has 2 aromatic rings. The van der Waals surface area contributed by atoms with E-state index < -0.39 is 0 Å². The molecule has 0 saturated carbocycles. The lowest BCUT2D eigenvalue weighted by Crippen LogP contribution is -2.47. The van der Waals surface area contributed by atoms with Crippen molar-refractivity contribution in [2.24, 2.45) is 12.5 Å². The lowest BCUT2D eigenvalue weighted by atomic mass is 9.75. The van der Waals surface area contributed by atoms with Gasteiger partial charge in [-0.3, -0.25) is 4.68 Å². The van der Waals surface area contributed by atoms with E-state index in [2.05, 4.69) is 31.1 Å². The molecule has 4 nitrogen and oxygen atoms in total. The molecule has 0 spiro atoms. The van der Waals surface area contributed by atoms with Crippen molar-refractivity contribution in [1.29, 1.82) is 0 Å². The molecule has 0 N–H and O–H groups in total. The first kappa shape index (κ1) is 13.4. The topological polar surface area (TPSA) is 36.3 Å². The molecular weight excluding hydrogens is 251 g/mol. The first-order valence-corrected chi connectivity index (χ1v) is 6.87. The van der Waals surface area contributed by atoms with Crippen molar-refractivity contribution in [2.75, 3.05) is 13.2 Å². The highest BCUT2D eigenvalue weighted by atomic mass is 16.6. The average Bonchev–Trinajstić information content (AvgIpc) is 2.86. The molecule has 1 saturated heterocycles. The van der Waals surface area contributed by atoms with E-state index in [4.69, 9.17) is 9.31 Å². The predicted octanol–water partition coefficient (Wildman–Crippen LogP) is 1.86. The third kappa shape index (κ3) is 2.79. The average molecular weight is 270 g/mol. The van der Waals surface area contributed by atoms with Crippen molar-refractivity contribution in [2.45, 2.75) is 13.8 Å². The van der Waals surface area contributed by atoms with Crippen LogP contribution in [-0.2, 0) is 16.4 Å². The highest BCUT2D eigenvalue weighted by molar-refractivity contribution is 6.61. The number of hydrogen-bond donors (Lipinski definition) is 0. The lowest BCUT2D eigenvalue weighted by molar-refractivity contribution is 0.0343. The molecule has 1 aromatic heterocycles. The van der Waals surface area contributed by atoms with E-state index in [0.717, 1.165) is 16.7 Å². The van der Waals surface area contributed by atoms with Crippen LogP contribution in [0.2, 0.25) is 0 Å². The van der Waals surface area contributed by atoms with Gasteiger partial charge in [-0.05, 0) is 11.5 Å². The van der Waals surface area contributed by atoms with Gasteiger partial charge in [-0.25, -0.2) is 0 Å². The molecule has 1 aliphatic heterocycles. The van der Waals surface area contributed by atoms with Crippen molar-refractivity contribution in [1.82, 2.24) is 9.78 Å². The molecule has 5 heteroatoms. The fraction of sp³-hybridized carbons (Fsp3) is 0.400. The van der Waals surface area contributed by atoms with Crippen LogP contribution in [0.5, 0.6) is 0 Å². The monoisotopic (exact) mass is 270 g/mol. The van der Waals surface area contributed by atoms with Crippen LogP contribution in [-0.4, -0.2) is 30.1 Å². The summed E-state index contributed by atoms with van der Waals surface area (Å²) < 4.78 is 13.5. The number of benzene rings is 1. The first-order chi connectivity index (χ1) is 9.53. The van der Waals surface area contributed by atoms with Crippen LogP contribution in [0.1, 0.15) is 13.8 Å². The molecule has 0 radical (unpaired) electrons. The van der Waals surface area contributed by atoms with E-state index >= 15 is 0 Å². The predicted molar refractivity (Wildman–Crippen MR) is 79.7 cm³/mol. The summed E-state index contributed by atoms with van der Waals surface area (Å²) in [5.41, 5.74) is 3.18. The zero-order chi connectivity index (χ0) is 14.2. The van der Waals surface area contributed by atoms with Gasteiger partial charge in [0.05, 0.1) is 5.69 Å². The summed E-state index contributed by atoms with van der Waals surface area (Å²) in [7, 11) is 1.65. The maximum absolute atomic E-state index is 5.83. The minimum atomic E-state index is -0.272. The third-order valence-electron chi connectivity index (χ3n) is 3.42. The molecule has 104 valence electrons. The Labute approximate surface area is 119 Å². The number of nitrogens with zero attached hydrogens (tertiary/aromatic N) is 2. The van der Waals surface area contributed by atoms with Gasteiger partial charge in [0, 0.05) is 37.4 Å². The van der Waals surface area contributed by atoms with E-state index in [9.17, 15) is 0 Å². The Kier molecular flexibility index (Phi) is 3.40. The Morgan fingerprint density at radius 2 is 1.95 bits per heavy atom. The molecule has 2 heterocycles. The van der Waals surface area contributed by atoms with Gasteiger partial charge in [0.15, 0.2) is 0 Å². The van der Waals surface area contributed by atoms with Crippen molar-refractivity contribution < 1.29 is 9.31 Å². The van der Waals surface area contributed by atoms with Crippen LogP contribution in [0.4, 0.5) is 0 Å². The SMILES string of the molecule is Cn1ccc(-c2cccc(B3OCC(C)(C)CO3)c2)n1. The smallest absolute Gasteiger partial charge is 0.407 e. The Balaban J connectivity index is 1.81. The fourth-order valence-electron chi connectivity index (χ4n) is 2.30. The van der Waals surface area contributed by atoms with Crippen molar-refractivity contribution in [3.63, 3.8) is 0 Å². The molecule has 0 unspecified atom stereocenters. The minimum Gasteiger partial charge on any atom is -0.407 e. The molecular formula is C15H19BN2O2. The van der Waals surface area contributed by atoms with Crippen LogP contribution < -0.4 is 5.46 Å². The van der Waals surface area contributed by atoms with Crippen LogP contribution in [0, 0.1) is 5.41 Å². The molecule has 1 aliphatic rings. The summed E-state index contributed by atoms with van der Waals surface area (Å²) in [6, 6.07) is 10.2. The number of aryl methyl sites for hydroxylation is 1. The van der Waals surface area contributed by atoms with Crippen molar-refractivity contribution >= 4 is 12.6 Å². The maximum Gasteiger partial charge on any atom is 0.493 e. The normalized spacial score (nSPS) is 18.2. The number of rotatable bonds is 2. The minimum absolute atomic E-state index is 0.0924. The van der Waals surface area contributed by atoms with Gasteiger partial charge in [-0.1, -0.05) is 38.1 Å². The second-order valence-electron chi connectivity index (χ2n) is 6.12. The number of hydrogen-bond acceptors (Lipinski definition) is 3. The van der Waals surface area contributed by atoms with E-state index in [1.165, 1.54) is 0 Å². The summed E-state index contributed by atoms with van der Waals surface area (Å²) in [4.78, 5) is 0. The zero-order valence-electron chi connectivity index (χ0n) is 12.2. The second-order valence-corrected chi connectivity index (χ2v) is 6.12. The Morgan fingerprint density at radius 3 is 2.60 bits per heavy atom. The Bertz CT molecular complexity index is 599. The fourth-order valence-corrected chi connectivity index (χ4v) is 2.30. The third-order valence-corrected chi connectivity index (χ3v) is 3.42. The van der Waals surface area contributed by atoms with Gasteiger partial charge in [-0.2, -0.15) is 5.10 Å². The maximum atomic E-state index is 5.83. The van der Waals surface area contributed by atoms with Crippen molar-refractivity contribution in [3.8, 4) is 11.3 Å². The van der Waals surface area contributed by atoms with Gasteiger partial charge in [0.25, 0.3) is 0 Å². The van der Waals surface area contributed by atoms with E-state index in [1.54, 1.807) is 4.68 Å². The zero-order valence-corrected chi connectivity index (χ0v) is 12.2.